The van der Waals surface area contributed by atoms with E-state index in [4.69, 9.17) is 32.8 Å². The van der Waals surface area contributed by atoms with Gasteiger partial charge in [0.25, 0.3) is 0 Å². The van der Waals surface area contributed by atoms with E-state index in [-0.39, 0.29) is 6.23 Å². The number of benzene rings is 1. The number of aliphatic hydroxyl groups is 2. The van der Waals surface area contributed by atoms with E-state index in [0.717, 1.165) is 38.0 Å². The molecule has 4 atom stereocenters. The van der Waals surface area contributed by atoms with E-state index in [1.54, 1.807) is 19.1 Å². The Hall–Kier alpha value is -0.600. The zero-order chi connectivity index (χ0) is 21.2. The first kappa shape index (κ1) is 24.7. The SMILES string of the molecule is CON(CCCCc1ccc(N(CCCl)CCCl)cc1)C1C[C@@H](O)[C@H](O)[C@@H](C)O1. The van der Waals surface area contributed by atoms with Crippen LogP contribution < -0.4 is 4.90 Å². The summed E-state index contributed by atoms with van der Waals surface area (Å²) in [7, 11) is 1.61. The summed E-state index contributed by atoms with van der Waals surface area (Å²) in [5.74, 6) is 1.15. The van der Waals surface area contributed by atoms with Gasteiger partial charge in [0, 0.05) is 43.5 Å². The van der Waals surface area contributed by atoms with Crippen molar-refractivity contribution >= 4 is 28.9 Å². The fourth-order valence-corrected chi connectivity index (χ4v) is 4.03. The van der Waals surface area contributed by atoms with E-state index in [2.05, 4.69) is 29.2 Å². The second kappa shape index (κ2) is 13.0. The van der Waals surface area contributed by atoms with Gasteiger partial charge in [0.15, 0.2) is 0 Å². The largest absolute Gasteiger partial charge is 0.390 e. The number of rotatable bonds is 12. The normalized spacial score (nSPS) is 24.8. The van der Waals surface area contributed by atoms with Crippen molar-refractivity contribution in [3.63, 3.8) is 0 Å². The van der Waals surface area contributed by atoms with Crippen LogP contribution in [-0.2, 0) is 16.0 Å². The van der Waals surface area contributed by atoms with Gasteiger partial charge in [-0.05, 0) is 43.9 Å². The van der Waals surface area contributed by atoms with Crippen molar-refractivity contribution in [3.05, 3.63) is 29.8 Å². The topological polar surface area (TPSA) is 65.4 Å². The molecule has 1 aromatic rings. The minimum atomic E-state index is -0.849. The molecule has 29 heavy (non-hydrogen) atoms. The van der Waals surface area contributed by atoms with Gasteiger partial charge in [-0.1, -0.05) is 12.1 Å². The molecule has 0 saturated carbocycles. The van der Waals surface area contributed by atoms with E-state index in [1.807, 2.05) is 0 Å². The first-order chi connectivity index (χ1) is 14.0. The molecule has 2 N–H and O–H groups in total. The monoisotopic (exact) mass is 448 g/mol. The first-order valence-corrected chi connectivity index (χ1v) is 11.3. The summed E-state index contributed by atoms with van der Waals surface area (Å²) in [5.41, 5.74) is 2.43. The van der Waals surface area contributed by atoms with E-state index >= 15 is 0 Å². The minimum Gasteiger partial charge on any atom is -0.390 e. The molecule has 0 aliphatic carbocycles. The number of ether oxygens (including phenoxy) is 1. The Morgan fingerprint density at radius 2 is 1.72 bits per heavy atom. The van der Waals surface area contributed by atoms with Crippen molar-refractivity contribution in [2.24, 2.45) is 0 Å². The van der Waals surface area contributed by atoms with E-state index in [9.17, 15) is 10.2 Å². The van der Waals surface area contributed by atoms with Crippen LogP contribution in [0.1, 0.15) is 31.7 Å². The summed E-state index contributed by atoms with van der Waals surface area (Å²) in [6.45, 7) is 4.04. The molecule has 1 heterocycles. The molecule has 1 aromatic carbocycles. The Bertz CT molecular complexity index is 560. The molecular formula is C21H34Cl2N2O4. The number of anilines is 1. The third-order valence-electron chi connectivity index (χ3n) is 5.35. The Morgan fingerprint density at radius 1 is 1.07 bits per heavy atom. The van der Waals surface area contributed by atoms with Crippen molar-refractivity contribution < 1.29 is 19.8 Å². The van der Waals surface area contributed by atoms with Gasteiger partial charge >= 0.3 is 0 Å². The molecule has 1 fully saturated rings. The van der Waals surface area contributed by atoms with Crippen LogP contribution in [0.25, 0.3) is 0 Å². The number of unbranched alkanes of at least 4 members (excludes halogenated alkanes) is 1. The Morgan fingerprint density at radius 3 is 2.28 bits per heavy atom. The lowest BCUT2D eigenvalue weighted by molar-refractivity contribution is -0.288. The van der Waals surface area contributed by atoms with Crippen LogP contribution in [0.4, 0.5) is 5.69 Å². The van der Waals surface area contributed by atoms with Crippen LogP contribution in [0, 0.1) is 0 Å². The zero-order valence-electron chi connectivity index (χ0n) is 17.3. The number of hydroxylamine groups is 2. The number of nitrogens with zero attached hydrogens (tertiary/aromatic N) is 2. The first-order valence-electron chi connectivity index (χ1n) is 10.3. The second-order valence-corrected chi connectivity index (χ2v) is 8.16. The Balaban J connectivity index is 1.77. The van der Waals surface area contributed by atoms with Crippen molar-refractivity contribution in [3.8, 4) is 0 Å². The molecule has 0 bridgehead atoms. The average molecular weight is 449 g/mol. The maximum absolute atomic E-state index is 9.98. The molecule has 8 heteroatoms. The molecule has 0 radical (unpaired) electrons. The van der Waals surface area contributed by atoms with Gasteiger partial charge in [0.1, 0.15) is 12.3 Å². The van der Waals surface area contributed by atoms with Gasteiger partial charge in [-0.2, -0.15) is 5.06 Å². The second-order valence-electron chi connectivity index (χ2n) is 7.40. The average Bonchev–Trinajstić information content (AvgIpc) is 2.72. The highest BCUT2D eigenvalue weighted by molar-refractivity contribution is 6.18. The van der Waals surface area contributed by atoms with E-state index in [1.165, 1.54) is 5.56 Å². The highest BCUT2D eigenvalue weighted by atomic mass is 35.5. The number of aliphatic hydroxyl groups excluding tert-OH is 2. The summed E-state index contributed by atoms with van der Waals surface area (Å²) >= 11 is 11.8. The third-order valence-corrected chi connectivity index (χ3v) is 5.69. The van der Waals surface area contributed by atoms with Crippen LogP contribution in [0.5, 0.6) is 0 Å². The predicted molar refractivity (Wildman–Crippen MR) is 118 cm³/mol. The maximum atomic E-state index is 9.98. The van der Waals surface area contributed by atoms with Crippen LogP contribution in [-0.4, -0.2) is 78.3 Å². The van der Waals surface area contributed by atoms with Crippen LogP contribution >= 0.6 is 23.2 Å². The lowest BCUT2D eigenvalue weighted by Gasteiger charge is -2.39. The Kier molecular flexibility index (Phi) is 11.0. The van der Waals surface area contributed by atoms with Gasteiger partial charge in [0.2, 0.25) is 0 Å². The van der Waals surface area contributed by atoms with E-state index < -0.39 is 18.3 Å². The molecule has 2 rings (SSSR count). The number of alkyl halides is 2. The quantitative estimate of drug-likeness (QED) is 0.291. The molecule has 1 aliphatic rings. The van der Waals surface area contributed by atoms with Crippen molar-refractivity contribution in [1.82, 2.24) is 5.06 Å². The van der Waals surface area contributed by atoms with Gasteiger partial charge in [-0.3, -0.25) is 4.84 Å². The minimum absolute atomic E-state index is 0.335. The molecule has 1 aliphatic heterocycles. The molecule has 1 saturated heterocycles. The van der Waals surface area contributed by atoms with E-state index in [0.29, 0.717) is 24.7 Å². The van der Waals surface area contributed by atoms with Gasteiger partial charge < -0.3 is 19.8 Å². The molecule has 0 amide bonds. The summed E-state index contributed by atoms with van der Waals surface area (Å²) in [6, 6.07) is 8.56. The molecule has 0 aromatic heterocycles. The molecule has 1 unspecified atom stereocenters. The highest BCUT2D eigenvalue weighted by Gasteiger charge is 2.36. The number of halogens is 2. The number of aryl methyl sites for hydroxylation is 1. The number of hydrogen-bond donors (Lipinski definition) is 2. The molecule has 0 spiro atoms. The lowest BCUT2D eigenvalue weighted by atomic mass is 10.0. The summed E-state index contributed by atoms with van der Waals surface area (Å²) in [4.78, 5) is 7.64. The van der Waals surface area contributed by atoms with Crippen molar-refractivity contribution in [2.75, 3.05) is 43.4 Å². The smallest absolute Gasteiger partial charge is 0.136 e. The third kappa shape index (κ3) is 7.55. The fraction of sp³-hybridized carbons (Fsp3) is 0.714. The van der Waals surface area contributed by atoms with Gasteiger partial charge in [0.05, 0.1) is 19.3 Å². The van der Waals surface area contributed by atoms with Crippen molar-refractivity contribution in [2.45, 2.75) is 57.1 Å². The molecular weight excluding hydrogens is 415 g/mol. The standard InChI is InChI=1S/C21H34Cl2N2O4/c1-16-21(27)19(26)15-20(29-16)25(28-2)12-4-3-5-17-6-8-18(9-7-17)24(13-10-22)14-11-23/h6-9,16,19-21,26-27H,3-5,10-15H2,1-2H3/t16-,19-,20?,21-/m1/s1. The summed E-state index contributed by atoms with van der Waals surface area (Å²) < 4.78 is 5.78. The van der Waals surface area contributed by atoms with Gasteiger partial charge in [-0.15, -0.1) is 23.2 Å². The van der Waals surface area contributed by atoms with Crippen LogP contribution in [0.15, 0.2) is 24.3 Å². The fourth-order valence-electron chi connectivity index (χ4n) is 3.63. The Labute approximate surface area is 184 Å². The maximum Gasteiger partial charge on any atom is 0.136 e. The predicted octanol–water partition coefficient (Wildman–Crippen LogP) is 3.01. The zero-order valence-corrected chi connectivity index (χ0v) is 18.9. The van der Waals surface area contributed by atoms with Gasteiger partial charge in [-0.25, -0.2) is 0 Å². The molecule has 6 nitrogen and oxygen atoms in total. The van der Waals surface area contributed by atoms with Crippen LogP contribution in [0.2, 0.25) is 0 Å². The highest BCUT2D eigenvalue weighted by Crippen LogP contribution is 2.23. The van der Waals surface area contributed by atoms with Crippen LogP contribution in [0.3, 0.4) is 0 Å². The summed E-state index contributed by atoms with van der Waals surface area (Å²) in [6.07, 6.45) is 0.857. The van der Waals surface area contributed by atoms with Crippen molar-refractivity contribution in [1.29, 1.82) is 0 Å². The lowest BCUT2D eigenvalue weighted by Crippen LogP contribution is -2.52. The molecule has 166 valence electrons. The number of hydrogen-bond acceptors (Lipinski definition) is 6. The summed E-state index contributed by atoms with van der Waals surface area (Å²) in [5, 5.41) is 21.6.